The molecule has 0 unspecified atom stereocenters. The van der Waals surface area contributed by atoms with E-state index in [0.29, 0.717) is 18.5 Å². The van der Waals surface area contributed by atoms with Crippen molar-refractivity contribution in [3.05, 3.63) is 17.5 Å². The number of nitrogens with zero attached hydrogens (tertiary/aromatic N) is 4. The second kappa shape index (κ2) is 6.22. The summed E-state index contributed by atoms with van der Waals surface area (Å²) in [6.07, 6.45) is 6.11. The van der Waals surface area contributed by atoms with E-state index in [4.69, 9.17) is 0 Å². The fraction of sp³-hybridized carbons (Fsp3) is 0.722. The summed E-state index contributed by atoms with van der Waals surface area (Å²) in [4.78, 5) is 29.7. The summed E-state index contributed by atoms with van der Waals surface area (Å²) < 4.78 is 1.70. The van der Waals surface area contributed by atoms with Gasteiger partial charge in [0.15, 0.2) is 0 Å². The van der Waals surface area contributed by atoms with E-state index in [1.54, 1.807) is 4.68 Å². The van der Waals surface area contributed by atoms with E-state index in [2.05, 4.69) is 12.0 Å². The van der Waals surface area contributed by atoms with E-state index >= 15 is 0 Å². The van der Waals surface area contributed by atoms with Gasteiger partial charge in [0.25, 0.3) is 5.91 Å². The van der Waals surface area contributed by atoms with Crippen molar-refractivity contribution in [2.45, 2.75) is 64.5 Å². The van der Waals surface area contributed by atoms with E-state index < -0.39 is 0 Å². The molecule has 2 fully saturated rings. The van der Waals surface area contributed by atoms with Gasteiger partial charge in [-0.15, -0.1) is 0 Å². The van der Waals surface area contributed by atoms with Gasteiger partial charge in [-0.2, -0.15) is 5.10 Å². The average Bonchev–Trinajstić information content (AvgIpc) is 2.76. The van der Waals surface area contributed by atoms with Crippen LogP contribution in [0.1, 0.15) is 62.0 Å². The van der Waals surface area contributed by atoms with E-state index in [1.807, 2.05) is 36.9 Å². The van der Waals surface area contributed by atoms with Crippen LogP contribution < -0.4 is 0 Å². The summed E-state index contributed by atoms with van der Waals surface area (Å²) in [5, 5.41) is 4.32. The van der Waals surface area contributed by atoms with Crippen molar-refractivity contribution >= 4 is 11.8 Å². The lowest BCUT2D eigenvalue weighted by Gasteiger charge is -2.52. The number of likely N-dealkylation sites (N-methyl/N-ethyl adjacent to an activating group) is 1. The molecule has 0 saturated carbocycles. The Balaban J connectivity index is 1.97. The van der Waals surface area contributed by atoms with Crippen LogP contribution in [-0.2, 0) is 11.8 Å². The van der Waals surface area contributed by atoms with Crippen molar-refractivity contribution in [3.8, 4) is 0 Å². The van der Waals surface area contributed by atoms with Crippen LogP contribution in [0.5, 0.6) is 0 Å². The fourth-order valence-corrected chi connectivity index (χ4v) is 4.63. The first-order valence-corrected chi connectivity index (χ1v) is 9.00. The second-order valence-corrected chi connectivity index (χ2v) is 7.31. The van der Waals surface area contributed by atoms with Crippen LogP contribution in [0.2, 0.25) is 0 Å². The molecule has 0 N–H and O–H groups in total. The molecule has 2 aliphatic rings. The predicted octanol–water partition coefficient (Wildman–Crippen LogP) is 2.12. The van der Waals surface area contributed by atoms with E-state index in [0.717, 1.165) is 37.9 Å². The molecule has 6 heteroatoms. The summed E-state index contributed by atoms with van der Waals surface area (Å²) >= 11 is 0. The zero-order valence-corrected chi connectivity index (χ0v) is 15.2. The van der Waals surface area contributed by atoms with E-state index in [-0.39, 0.29) is 23.4 Å². The van der Waals surface area contributed by atoms with Crippen molar-refractivity contribution in [2.75, 3.05) is 13.1 Å². The van der Waals surface area contributed by atoms with Gasteiger partial charge >= 0.3 is 0 Å². The third kappa shape index (κ3) is 2.62. The van der Waals surface area contributed by atoms with Crippen LogP contribution in [0, 0.1) is 6.92 Å². The topological polar surface area (TPSA) is 58.4 Å². The first-order chi connectivity index (χ1) is 11.4. The van der Waals surface area contributed by atoms with Gasteiger partial charge < -0.3 is 9.80 Å². The van der Waals surface area contributed by atoms with Gasteiger partial charge in [0.05, 0.1) is 22.8 Å². The highest BCUT2D eigenvalue weighted by Crippen LogP contribution is 2.39. The van der Waals surface area contributed by atoms with Crippen molar-refractivity contribution in [1.29, 1.82) is 0 Å². The molecule has 1 aromatic rings. The predicted molar refractivity (Wildman–Crippen MR) is 91.6 cm³/mol. The number of aromatic nitrogens is 2. The summed E-state index contributed by atoms with van der Waals surface area (Å²) in [5.74, 6) is 0.284. The van der Waals surface area contributed by atoms with Crippen molar-refractivity contribution in [1.82, 2.24) is 19.6 Å². The molecule has 0 bridgehead atoms. The van der Waals surface area contributed by atoms with Gasteiger partial charge in [-0.25, -0.2) is 0 Å². The molecule has 0 aliphatic carbocycles. The Morgan fingerprint density at radius 1 is 1.42 bits per heavy atom. The second-order valence-electron chi connectivity index (χ2n) is 7.31. The normalized spacial score (nSPS) is 27.8. The lowest BCUT2D eigenvalue weighted by Crippen LogP contribution is -2.65. The van der Waals surface area contributed by atoms with Crippen molar-refractivity contribution in [3.63, 3.8) is 0 Å². The third-order valence-electron chi connectivity index (χ3n) is 5.80. The highest BCUT2D eigenvalue weighted by molar-refractivity contribution is 5.95. The third-order valence-corrected chi connectivity index (χ3v) is 5.80. The van der Waals surface area contributed by atoms with Crippen molar-refractivity contribution < 1.29 is 9.59 Å². The maximum atomic E-state index is 13.2. The summed E-state index contributed by atoms with van der Waals surface area (Å²) in [6, 6.07) is 0.0877. The largest absolute Gasteiger partial charge is 0.336 e. The maximum Gasteiger partial charge on any atom is 0.257 e. The molecule has 2 saturated heterocycles. The monoisotopic (exact) mass is 332 g/mol. The number of aryl methyl sites for hydroxylation is 2. The Hall–Kier alpha value is -1.85. The lowest BCUT2D eigenvalue weighted by molar-refractivity contribution is -0.145. The van der Waals surface area contributed by atoms with Crippen LogP contribution >= 0.6 is 0 Å². The highest BCUT2D eigenvalue weighted by atomic mass is 16.2. The van der Waals surface area contributed by atoms with Crippen molar-refractivity contribution in [2.24, 2.45) is 7.05 Å². The molecule has 2 amide bonds. The molecule has 2 aliphatic heterocycles. The Kier molecular flexibility index (Phi) is 4.40. The van der Waals surface area contributed by atoms with E-state index in [1.165, 1.54) is 0 Å². The molecule has 3 heterocycles. The van der Waals surface area contributed by atoms with Crippen LogP contribution in [0.4, 0.5) is 0 Å². The number of rotatable bonds is 2. The number of hydrogen-bond acceptors (Lipinski definition) is 3. The molecule has 0 aromatic carbocycles. The summed E-state index contributed by atoms with van der Waals surface area (Å²) in [5.41, 5.74) is 1.20. The molecule has 6 nitrogen and oxygen atoms in total. The Bertz CT molecular complexity index is 653. The number of carbonyl (C=O) groups is 2. The molecule has 1 aromatic heterocycles. The van der Waals surface area contributed by atoms with Gasteiger partial charge in [0.2, 0.25) is 5.91 Å². The number of likely N-dealkylation sites (tertiary alicyclic amines) is 2. The molecule has 0 radical (unpaired) electrons. The first kappa shape index (κ1) is 17.0. The molecule has 3 rings (SSSR count). The van der Waals surface area contributed by atoms with Crippen LogP contribution in [-0.4, -0.2) is 56.1 Å². The smallest absolute Gasteiger partial charge is 0.257 e. The average molecular weight is 332 g/mol. The number of carbonyl (C=O) groups excluding carboxylic acids is 2. The van der Waals surface area contributed by atoms with Gasteiger partial charge in [-0.3, -0.25) is 14.3 Å². The number of fused-ring (bicyclic) bond motifs is 1. The van der Waals surface area contributed by atoms with Crippen LogP contribution in [0.15, 0.2) is 6.20 Å². The lowest BCUT2D eigenvalue weighted by atomic mass is 9.79. The van der Waals surface area contributed by atoms with Crippen LogP contribution in [0.3, 0.4) is 0 Å². The quantitative estimate of drug-likeness (QED) is 0.833. The molecule has 24 heavy (non-hydrogen) atoms. The summed E-state index contributed by atoms with van der Waals surface area (Å²) in [7, 11) is 1.84. The molecular weight excluding hydrogens is 304 g/mol. The van der Waals surface area contributed by atoms with Gasteiger partial charge in [0, 0.05) is 32.8 Å². The van der Waals surface area contributed by atoms with Gasteiger partial charge in [0.1, 0.15) is 0 Å². The first-order valence-electron chi connectivity index (χ1n) is 9.00. The summed E-state index contributed by atoms with van der Waals surface area (Å²) in [6.45, 7) is 7.56. The minimum atomic E-state index is -0.258. The molecular formula is C18H28N4O2. The molecule has 132 valence electrons. The number of hydrogen-bond donors (Lipinski definition) is 0. The van der Waals surface area contributed by atoms with Gasteiger partial charge in [-0.1, -0.05) is 0 Å². The fourth-order valence-electron chi connectivity index (χ4n) is 4.63. The maximum absolute atomic E-state index is 13.2. The minimum absolute atomic E-state index is 0.0594. The highest BCUT2D eigenvalue weighted by Gasteiger charge is 2.49. The zero-order valence-electron chi connectivity index (χ0n) is 15.2. The number of amides is 2. The Morgan fingerprint density at radius 2 is 2.17 bits per heavy atom. The number of piperidine rings is 1. The Morgan fingerprint density at radius 3 is 2.79 bits per heavy atom. The Labute approximate surface area is 143 Å². The SMILES string of the molecule is CCN1C(=O)CC[C@@H]2N(C(=O)c3cn(C)nc3C)CCCC[C@@]21C. The standard InChI is InChI=1S/C18H28N4O2/c1-5-22-16(23)9-8-15-18(22,3)10-6-7-11-21(15)17(24)14-12-20(4)19-13(14)2/h12,15H,5-11H2,1-4H3/t15-,18-/m0/s1. The molecule has 2 atom stereocenters. The van der Waals surface area contributed by atoms with Crippen LogP contribution in [0.25, 0.3) is 0 Å². The molecule has 0 spiro atoms. The van der Waals surface area contributed by atoms with Gasteiger partial charge in [-0.05, 0) is 46.5 Å². The minimum Gasteiger partial charge on any atom is -0.336 e. The van der Waals surface area contributed by atoms with E-state index in [9.17, 15) is 9.59 Å². The zero-order chi connectivity index (χ0) is 17.5.